The number of nitrogens with one attached hydrogen (secondary N) is 1. The Kier molecular flexibility index (Phi) is 5.07. The number of amides is 1. The summed E-state index contributed by atoms with van der Waals surface area (Å²) in [5.41, 5.74) is 3.31. The largest absolute Gasteiger partial charge is 0.379 e. The summed E-state index contributed by atoms with van der Waals surface area (Å²) in [5, 5.41) is 6.72. The molecule has 1 saturated heterocycles. The molecule has 0 saturated carbocycles. The molecule has 1 atom stereocenters. The summed E-state index contributed by atoms with van der Waals surface area (Å²) in [5.74, 6) is -0.768. The van der Waals surface area contributed by atoms with Gasteiger partial charge in [-0.05, 0) is 29.8 Å². The third-order valence-corrected chi connectivity index (χ3v) is 5.12. The summed E-state index contributed by atoms with van der Waals surface area (Å²) >= 11 is 6.04. The van der Waals surface area contributed by atoms with Gasteiger partial charge in [-0.2, -0.15) is 0 Å². The molecule has 1 aromatic carbocycles. The Morgan fingerprint density at radius 1 is 1.26 bits per heavy atom. The Balaban J connectivity index is 1.71. The van der Waals surface area contributed by atoms with Crippen LogP contribution in [0.1, 0.15) is 5.56 Å². The van der Waals surface area contributed by atoms with Gasteiger partial charge in [-0.1, -0.05) is 23.7 Å². The van der Waals surface area contributed by atoms with Gasteiger partial charge in [-0.3, -0.25) is 9.69 Å². The standard InChI is InChI=1S/C19H19ClN4O3/c20-15-4-1-13(2-5-15)18-16(12-23-7-9-27-10-8-23)24-11-14(19(25)22-26)3-6-17(24)21-18/h1-6,11,17,21H,7-10,12H2. The molecule has 1 N–H and O–H groups in total. The van der Waals surface area contributed by atoms with Crippen molar-refractivity contribution in [2.45, 2.75) is 6.17 Å². The molecule has 0 spiro atoms. The number of rotatable bonds is 4. The summed E-state index contributed by atoms with van der Waals surface area (Å²) in [6.07, 6.45) is 5.07. The number of nitroso groups, excluding NO2 is 1. The molecule has 0 radical (unpaired) electrons. The number of benzene rings is 1. The fourth-order valence-electron chi connectivity index (χ4n) is 3.46. The molecule has 27 heavy (non-hydrogen) atoms. The number of fused-ring (bicyclic) bond motifs is 1. The molecule has 1 aromatic rings. The summed E-state index contributed by atoms with van der Waals surface area (Å²) in [7, 11) is 0. The van der Waals surface area contributed by atoms with Gasteiger partial charge in [0.05, 0.1) is 30.2 Å². The van der Waals surface area contributed by atoms with E-state index in [2.05, 4.69) is 15.4 Å². The number of morpholine rings is 1. The van der Waals surface area contributed by atoms with Crippen LogP contribution in [-0.2, 0) is 9.53 Å². The van der Waals surface area contributed by atoms with Gasteiger partial charge in [-0.25, -0.2) is 0 Å². The van der Waals surface area contributed by atoms with E-state index < -0.39 is 5.91 Å². The molecule has 0 aliphatic carbocycles. The minimum Gasteiger partial charge on any atom is -0.379 e. The van der Waals surface area contributed by atoms with Gasteiger partial charge in [0.1, 0.15) is 6.17 Å². The number of hydrogen-bond acceptors (Lipinski definition) is 6. The van der Waals surface area contributed by atoms with Gasteiger partial charge in [0.25, 0.3) is 0 Å². The Labute approximate surface area is 161 Å². The Hall–Kier alpha value is -2.48. The lowest BCUT2D eigenvalue weighted by atomic mass is 10.1. The average molecular weight is 387 g/mol. The second-order valence-electron chi connectivity index (χ2n) is 6.55. The molecule has 1 fully saturated rings. The fourth-order valence-corrected chi connectivity index (χ4v) is 3.59. The van der Waals surface area contributed by atoms with Gasteiger partial charge in [0, 0.05) is 36.0 Å². The molecular formula is C19H19ClN4O3. The van der Waals surface area contributed by atoms with E-state index in [0.717, 1.165) is 30.0 Å². The van der Waals surface area contributed by atoms with Crippen LogP contribution in [0, 0.1) is 4.91 Å². The van der Waals surface area contributed by atoms with Crippen LogP contribution in [0.5, 0.6) is 0 Å². The van der Waals surface area contributed by atoms with E-state index in [1.165, 1.54) is 0 Å². The highest BCUT2D eigenvalue weighted by molar-refractivity contribution is 6.30. The lowest BCUT2D eigenvalue weighted by Crippen LogP contribution is -2.41. The quantitative estimate of drug-likeness (QED) is 0.800. The van der Waals surface area contributed by atoms with E-state index in [-0.39, 0.29) is 11.7 Å². The predicted molar refractivity (Wildman–Crippen MR) is 102 cm³/mol. The first-order valence-corrected chi connectivity index (χ1v) is 9.15. The van der Waals surface area contributed by atoms with Crippen molar-refractivity contribution in [3.05, 3.63) is 69.4 Å². The van der Waals surface area contributed by atoms with E-state index in [0.29, 0.717) is 24.8 Å². The van der Waals surface area contributed by atoms with Crippen LogP contribution in [0.15, 0.2) is 59.1 Å². The molecule has 140 valence electrons. The first-order valence-electron chi connectivity index (χ1n) is 8.77. The second-order valence-corrected chi connectivity index (χ2v) is 6.99. The SMILES string of the molecule is O=NC(=O)C1=CN2C(CN3CCOCC3)=C(c3ccc(Cl)cc3)NC2C=C1. The van der Waals surface area contributed by atoms with Crippen LogP contribution in [-0.4, -0.2) is 54.7 Å². The third kappa shape index (κ3) is 3.66. The van der Waals surface area contributed by atoms with Crippen LogP contribution < -0.4 is 5.32 Å². The zero-order valence-electron chi connectivity index (χ0n) is 14.6. The van der Waals surface area contributed by atoms with Crippen LogP contribution in [0.4, 0.5) is 0 Å². The van der Waals surface area contributed by atoms with Crippen molar-refractivity contribution in [1.82, 2.24) is 15.1 Å². The Bertz CT molecular complexity index is 841. The van der Waals surface area contributed by atoms with E-state index in [1.807, 2.05) is 35.2 Å². The molecule has 3 aliphatic heterocycles. The summed E-state index contributed by atoms with van der Waals surface area (Å²) < 4.78 is 5.44. The van der Waals surface area contributed by atoms with Crippen molar-refractivity contribution in [3.63, 3.8) is 0 Å². The molecule has 7 nitrogen and oxygen atoms in total. The summed E-state index contributed by atoms with van der Waals surface area (Å²) in [4.78, 5) is 26.7. The Morgan fingerprint density at radius 2 is 2.00 bits per heavy atom. The first kappa shape index (κ1) is 17.9. The normalized spacial score (nSPS) is 22.3. The minimum atomic E-state index is -0.768. The number of ether oxygens (including phenoxy) is 1. The van der Waals surface area contributed by atoms with E-state index >= 15 is 0 Å². The lowest BCUT2D eigenvalue weighted by molar-refractivity contribution is -0.114. The number of hydrogen-bond donors (Lipinski definition) is 1. The highest BCUT2D eigenvalue weighted by atomic mass is 35.5. The average Bonchev–Trinajstić information content (AvgIpc) is 3.06. The molecule has 0 bridgehead atoms. The van der Waals surface area contributed by atoms with Crippen LogP contribution in [0.25, 0.3) is 5.70 Å². The maximum absolute atomic E-state index is 11.7. The molecular weight excluding hydrogens is 368 g/mol. The monoisotopic (exact) mass is 386 g/mol. The minimum absolute atomic E-state index is 0.116. The van der Waals surface area contributed by atoms with Crippen LogP contribution in [0.2, 0.25) is 5.02 Å². The van der Waals surface area contributed by atoms with Crippen LogP contribution >= 0.6 is 11.6 Å². The fraction of sp³-hybridized carbons (Fsp3) is 0.316. The van der Waals surface area contributed by atoms with Gasteiger partial charge in [0.2, 0.25) is 0 Å². The zero-order valence-corrected chi connectivity index (χ0v) is 15.4. The zero-order chi connectivity index (χ0) is 18.8. The van der Waals surface area contributed by atoms with Gasteiger partial charge < -0.3 is 15.0 Å². The summed E-state index contributed by atoms with van der Waals surface area (Å²) in [6.45, 7) is 3.79. The molecule has 4 rings (SSSR count). The molecule has 3 aliphatic rings. The van der Waals surface area contributed by atoms with Crippen molar-refractivity contribution in [3.8, 4) is 0 Å². The van der Waals surface area contributed by atoms with E-state index in [4.69, 9.17) is 16.3 Å². The van der Waals surface area contributed by atoms with Gasteiger partial charge in [-0.15, -0.1) is 4.91 Å². The van der Waals surface area contributed by atoms with Crippen molar-refractivity contribution in [2.75, 3.05) is 32.8 Å². The van der Waals surface area contributed by atoms with Gasteiger partial charge >= 0.3 is 5.91 Å². The molecule has 1 unspecified atom stereocenters. The number of halogens is 1. The molecule has 0 aromatic heterocycles. The van der Waals surface area contributed by atoms with Crippen molar-refractivity contribution < 1.29 is 9.53 Å². The predicted octanol–water partition coefficient (Wildman–Crippen LogP) is 2.32. The second kappa shape index (κ2) is 7.64. The highest BCUT2D eigenvalue weighted by Gasteiger charge is 2.33. The molecule has 8 heteroatoms. The molecule has 3 heterocycles. The van der Waals surface area contributed by atoms with E-state index in [1.54, 1.807) is 12.3 Å². The first-order chi connectivity index (χ1) is 13.2. The molecule has 1 amide bonds. The van der Waals surface area contributed by atoms with Crippen molar-refractivity contribution in [1.29, 1.82) is 0 Å². The summed E-state index contributed by atoms with van der Waals surface area (Å²) in [6, 6.07) is 7.64. The smallest absolute Gasteiger partial charge is 0.318 e. The lowest BCUT2D eigenvalue weighted by Gasteiger charge is -2.31. The van der Waals surface area contributed by atoms with Gasteiger partial charge in [0.15, 0.2) is 0 Å². The Morgan fingerprint density at radius 3 is 2.70 bits per heavy atom. The highest BCUT2D eigenvalue weighted by Crippen LogP contribution is 2.32. The number of nitrogens with zero attached hydrogens (tertiary/aromatic N) is 3. The third-order valence-electron chi connectivity index (χ3n) is 4.87. The van der Waals surface area contributed by atoms with E-state index in [9.17, 15) is 9.70 Å². The number of carbonyl (C=O) groups is 1. The number of carbonyl (C=O) groups excluding carboxylic acids is 1. The van der Waals surface area contributed by atoms with Crippen molar-refractivity contribution >= 4 is 23.2 Å². The maximum atomic E-state index is 11.7. The maximum Gasteiger partial charge on any atom is 0.318 e. The van der Waals surface area contributed by atoms with Crippen molar-refractivity contribution in [2.24, 2.45) is 5.18 Å². The topological polar surface area (TPSA) is 74.2 Å². The van der Waals surface area contributed by atoms with Crippen LogP contribution in [0.3, 0.4) is 0 Å².